The number of hydrogen-bond donors (Lipinski definition) is 0. The summed E-state index contributed by atoms with van der Waals surface area (Å²) >= 11 is 6.46. The summed E-state index contributed by atoms with van der Waals surface area (Å²) < 4.78 is 6.12. The Balaban J connectivity index is 1.66. The standard InChI is InChI=1S/C18H32ClNO/c1-12(2)16-11-14(19)5-6-15(16)13-4-7-17-18(10-13)21-9-8-20(17)3/h12-18H,4-11H2,1-3H3. The van der Waals surface area contributed by atoms with Gasteiger partial charge in [-0.05, 0) is 69.2 Å². The second kappa shape index (κ2) is 6.76. The molecule has 3 rings (SSSR count). The molecule has 0 bridgehead atoms. The van der Waals surface area contributed by atoms with E-state index in [0.717, 1.165) is 36.8 Å². The Bertz CT molecular complexity index is 348. The van der Waals surface area contributed by atoms with Crippen LogP contribution in [0.25, 0.3) is 0 Å². The summed E-state index contributed by atoms with van der Waals surface area (Å²) in [6, 6.07) is 0.678. The normalized spacial score (nSPS) is 45.6. The summed E-state index contributed by atoms with van der Waals surface area (Å²) in [7, 11) is 2.27. The fourth-order valence-electron chi connectivity index (χ4n) is 5.26. The van der Waals surface area contributed by atoms with Gasteiger partial charge in [-0.15, -0.1) is 11.6 Å². The number of alkyl halides is 1. The van der Waals surface area contributed by atoms with Gasteiger partial charge in [0, 0.05) is 18.0 Å². The van der Waals surface area contributed by atoms with Crippen molar-refractivity contribution in [3.05, 3.63) is 0 Å². The van der Waals surface area contributed by atoms with E-state index in [0.29, 0.717) is 17.5 Å². The maximum atomic E-state index is 6.46. The molecule has 122 valence electrons. The maximum Gasteiger partial charge on any atom is 0.0733 e. The first-order chi connectivity index (χ1) is 10.1. The van der Waals surface area contributed by atoms with Crippen molar-refractivity contribution in [1.29, 1.82) is 0 Å². The van der Waals surface area contributed by atoms with Gasteiger partial charge in [-0.3, -0.25) is 4.90 Å². The van der Waals surface area contributed by atoms with Crippen molar-refractivity contribution in [1.82, 2.24) is 4.90 Å². The largest absolute Gasteiger partial charge is 0.375 e. The third-order valence-corrected chi connectivity index (χ3v) is 6.89. The summed E-state index contributed by atoms with van der Waals surface area (Å²) in [6.07, 6.45) is 8.30. The van der Waals surface area contributed by atoms with Crippen molar-refractivity contribution >= 4 is 11.6 Å². The monoisotopic (exact) mass is 313 g/mol. The summed E-state index contributed by atoms with van der Waals surface area (Å²) in [6.45, 7) is 6.82. The molecule has 0 aromatic heterocycles. The highest BCUT2D eigenvalue weighted by molar-refractivity contribution is 6.20. The first-order valence-corrected chi connectivity index (χ1v) is 9.45. The number of morpholine rings is 1. The molecule has 6 atom stereocenters. The van der Waals surface area contributed by atoms with Crippen LogP contribution in [0.2, 0.25) is 0 Å². The quantitative estimate of drug-likeness (QED) is 0.710. The maximum absolute atomic E-state index is 6.46. The molecule has 3 fully saturated rings. The lowest BCUT2D eigenvalue weighted by atomic mass is 9.63. The predicted molar refractivity (Wildman–Crippen MR) is 88.8 cm³/mol. The molecular weight excluding hydrogens is 282 g/mol. The van der Waals surface area contributed by atoms with Crippen molar-refractivity contribution in [2.45, 2.75) is 69.9 Å². The molecule has 0 N–H and O–H groups in total. The van der Waals surface area contributed by atoms with E-state index in [2.05, 4.69) is 25.8 Å². The molecule has 2 saturated carbocycles. The smallest absolute Gasteiger partial charge is 0.0733 e. The van der Waals surface area contributed by atoms with Crippen LogP contribution in [0.3, 0.4) is 0 Å². The van der Waals surface area contributed by atoms with Crippen molar-refractivity contribution in [3.63, 3.8) is 0 Å². The molecule has 0 amide bonds. The van der Waals surface area contributed by atoms with E-state index < -0.39 is 0 Å². The number of nitrogens with zero attached hydrogens (tertiary/aromatic N) is 1. The molecule has 21 heavy (non-hydrogen) atoms. The Hall–Kier alpha value is 0.210. The van der Waals surface area contributed by atoms with E-state index in [4.69, 9.17) is 16.3 Å². The van der Waals surface area contributed by atoms with E-state index in [1.807, 2.05) is 0 Å². The fraction of sp³-hybridized carbons (Fsp3) is 1.00. The highest BCUT2D eigenvalue weighted by Crippen LogP contribution is 2.46. The summed E-state index contributed by atoms with van der Waals surface area (Å²) in [4.78, 5) is 2.53. The minimum Gasteiger partial charge on any atom is -0.375 e. The van der Waals surface area contributed by atoms with Gasteiger partial charge in [-0.2, -0.15) is 0 Å². The Morgan fingerprint density at radius 2 is 1.90 bits per heavy atom. The molecule has 0 aromatic carbocycles. The van der Waals surface area contributed by atoms with Gasteiger partial charge in [-0.1, -0.05) is 13.8 Å². The van der Waals surface area contributed by atoms with Crippen LogP contribution in [0.5, 0.6) is 0 Å². The Labute approximate surface area is 135 Å². The molecule has 2 nitrogen and oxygen atoms in total. The minimum absolute atomic E-state index is 0.419. The van der Waals surface area contributed by atoms with Gasteiger partial charge in [0.15, 0.2) is 0 Å². The van der Waals surface area contributed by atoms with Gasteiger partial charge in [0.25, 0.3) is 0 Å². The lowest BCUT2D eigenvalue weighted by Crippen LogP contribution is -2.53. The van der Waals surface area contributed by atoms with Crippen LogP contribution in [0, 0.1) is 23.7 Å². The van der Waals surface area contributed by atoms with E-state index in [-0.39, 0.29) is 0 Å². The fourth-order valence-corrected chi connectivity index (χ4v) is 5.59. The molecule has 0 aromatic rings. The van der Waals surface area contributed by atoms with Crippen molar-refractivity contribution in [2.75, 3.05) is 20.2 Å². The van der Waals surface area contributed by atoms with Gasteiger partial charge in [0.2, 0.25) is 0 Å². The lowest BCUT2D eigenvalue weighted by molar-refractivity contribution is -0.100. The van der Waals surface area contributed by atoms with Crippen molar-refractivity contribution < 1.29 is 4.74 Å². The number of halogens is 1. The molecule has 0 radical (unpaired) electrons. The van der Waals surface area contributed by atoms with Crippen LogP contribution in [-0.2, 0) is 4.74 Å². The zero-order valence-corrected chi connectivity index (χ0v) is 14.7. The summed E-state index contributed by atoms with van der Waals surface area (Å²) in [5, 5.41) is 0.419. The SMILES string of the molecule is CC(C)C1CC(Cl)CCC1C1CCC2C(C1)OCCN2C. The molecular formula is C18H32ClNO. The minimum atomic E-state index is 0.419. The Morgan fingerprint density at radius 3 is 2.67 bits per heavy atom. The second-order valence-electron chi connectivity index (χ2n) is 8.01. The number of fused-ring (bicyclic) bond motifs is 1. The third-order valence-electron chi connectivity index (χ3n) is 6.49. The van der Waals surface area contributed by atoms with E-state index in [1.54, 1.807) is 0 Å². The van der Waals surface area contributed by atoms with Crippen LogP contribution < -0.4 is 0 Å². The first-order valence-electron chi connectivity index (χ1n) is 9.02. The number of likely N-dealkylation sites (N-methyl/N-ethyl adjacent to an activating group) is 1. The van der Waals surface area contributed by atoms with Crippen LogP contribution in [-0.4, -0.2) is 42.6 Å². The molecule has 1 aliphatic heterocycles. The van der Waals surface area contributed by atoms with Crippen LogP contribution in [0.15, 0.2) is 0 Å². The van der Waals surface area contributed by atoms with Crippen LogP contribution >= 0.6 is 11.6 Å². The molecule has 6 unspecified atom stereocenters. The van der Waals surface area contributed by atoms with Crippen LogP contribution in [0.4, 0.5) is 0 Å². The van der Waals surface area contributed by atoms with Gasteiger partial charge < -0.3 is 4.74 Å². The molecule has 3 aliphatic rings. The van der Waals surface area contributed by atoms with E-state index in [9.17, 15) is 0 Å². The number of rotatable bonds is 2. The Kier molecular flexibility index (Phi) is 5.18. The van der Waals surface area contributed by atoms with Crippen LogP contribution in [0.1, 0.15) is 52.4 Å². The van der Waals surface area contributed by atoms with Gasteiger partial charge in [0.05, 0.1) is 12.7 Å². The average molecular weight is 314 g/mol. The molecule has 2 aliphatic carbocycles. The number of hydrogen-bond acceptors (Lipinski definition) is 2. The molecule has 0 spiro atoms. The average Bonchev–Trinajstić information content (AvgIpc) is 2.47. The topological polar surface area (TPSA) is 12.5 Å². The zero-order valence-electron chi connectivity index (χ0n) is 13.9. The van der Waals surface area contributed by atoms with Gasteiger partial charge in [0.1, 0.15) is 0 Å². The zero-order chi connectivity index (χ0) is 15.0. The highest BCUT2D eigenvalue weighted by Gasteiger charge is 2.42. The summed E-state index contributed by atoms with van der Waals surface area (Å²) in [5.74, 6) is 3.35. The Morgan fingerprint density at radius 1 is 1.10 bits per heavy atom. The van der Waals surface area contributed by atoms with Gasteiger partial charge in [-0.25, -0.2) is 0 Å². The van der Waals surface area contributed by atoms with Crippen molar-refractivity contribution in [2.24, 2.45) is 23.7 Å². The summed E-state index contributed by atoms with van der Waals surface area (Å²) in [5.41, 5.74) is 0. The molecule has 1 heterocycles. The predicted octanol–water partition coefficient (Wildman–Crippen LogP) is 4.17. The number of ether oxygens (including phenoxy) is 1. The second-order valence-corrected chi connectivity index (χ2v) is 8.63. The third kappa shape index (κ3) is 3.43. The van der Waals surface area contributed by atoms with E-state index >= 15 is 0 Å². The van der Waals surface area contributed by atoms with E-state index in [1.165, 1.54) is 38.5 Å². The van der Waals surface area contributed by atoms with Gasteiger partial charge >= 0.3 is 0 Å². The highest BCUT2D eigenvalue weighted by atomic mass is 35.5. The first kappa shape index (κ1) is 16.1. The molecule has 3 heteroatoms. The van der Waals surface area contributed by atoms with Crippen molar-refractivity contribution in [3.8, 4) is 0 Å². The lowest BCUT2D eigenvalue weighted by Gasteiger charge is -2.49. The molecule has 1 saturated heterocycles.